The standard InChI is InChI=1S/C40H50F4N6O4/c1-37(41,42)33-30(34(51)47-40(35(52)53)26-16-24-15-25(18-26)19-27(40)17-24)21-45-36(46-33)50-22-38(9-3-2-4-10-38)31-20-29(5-6-32(31)50)54-28-7-12-48(13-8-28)49-14-11-39(43,44)23-49/h5-6,20-21,24-28H,2-4,7-19,22-23H2,1H3,(H,47,51)(H,52,53). The Morgan fingerprint density at radius 2 is 1.61 bits per heavy atom. The molecule has 1 amide bonds. The van der Waals surface area contributed by atoms with Crippen LogP contribution in [0.15, 0.2) is 24.4 Å². The van der Waals surface area contributed by atoms with Crippen molar-refractivity contribution in [3.63, 3.8) is 0 Å². The van der Waals surface area contributed by atoms with Gasteiger partial charge in [0.2, 0.25) is 5.95 Å². The second-order valence-corrected chi connectivity index (χ2v) is 17.6. The van der Waals surface area contributed by atoms with E-state index in [1.54, 1.807) is 5.01 Å². The van der Waals surface area contributed by atoms with Gasteiger partial charge in [0.15, 0.2) is 0 Å². The van der Waals surface area contributed by atoms with Gasteiger partial charge < -0.3 is 20.1 Å². The van der Waals surface area contributed by atoms with Crippen LogP contribution in [-0.2, 0) is 16.1 Å². The van der Waals surface area contributed by atoms with E-state index in [-0.39, 0.29) is 42.3 Å². The van der Waals surface area contributed by atoms with Gasteiger partial charge in [-0.05, 0) is 105 Å². The van der Waals surface area contributed by atoms with Crippen LogP contribution < -0.4 is 15.0 Å². The summed E-state index contributed by atoms with van der Waals surface area (Å²) < 4.78 is 65.1. The monoisotopic (exact) mass is 754 g/mol. The van der Waals surface area contributed by atoms with E-state index in [0.717, 1.165) is 87.4 Å². The summed E-state index contributed by atoms with van der Waals surface area (Å²) in [4.78, 5) is 37.7. The Balaban J connectivity index is 0.970. The highest BCUT2D eigenvalue weighted by atomic mass is 19.3. The predicted octanol–water partition coefficient (Wildman–Crippen LogP) is 7.05. The van der Waals surface area contributed by atoms with Gasteiger partial charge >= 0.3 is 5.97 Å². The number of rotatable bonds is 8. The van der Waals surface area contributed by atoms with Crippen molar-refractivity contribution in [2.24, 2.45) is 23.7 Å². The smallest absolute Gasteiger partial charge is 0.330 e. The van der Waals surface area contributed by atoms with Crippen LogP contribution in [0.2, 0.25) is 0 Å². The van der Waals surface area contributed by atoms with Crippen LogP contribution in [0.1, 0.15) is 112 Å². The molecule has 14 heteroatoms. The second-order valence-electron chi connectivity index (χ2n) is 17.6. The van der Waals surface area contributed by atoms with E-state index in [1.165, 1.54) is 0 Å². The predicted molar refractivity (Wildman–Crippen MR) is 191 cm³/mol. The summed E-state index contributed by atoms with van der Waals surface area (Å²) in [6.45, 7) is 2.65. The third-order valence-corrected chi connectivity index (χ3v) is 14.2. The van der Waals surface area contributed by atoms with Gasteiger partial charge in [0, 0.05) is 56.8 Å². The number of carbonyl (C=O) groups is 2. The van der Waals surface area contributed by atoms with Gasteiger partial charge in [-0.15, -0.1) is 0 Å². The van der Waals surface area contributed by atoms with Crippen molar-refractivity contribution in [2.45, 2.75) is 119 Å². The lowest BCUT2D eigenvalue weighted by Gasteiger charge is -2.59. The van der Waals surface area contributed by atoms with Crippen LogP contribution in [-0.4, -0.2) is 87.3 Å². The molecule has 4 bridgehead atoms. The number of hydrazine groups is 1. The minimum atomic E-state index is -3.50. The fourth-order valence-electron chi connectivity index (χ4n) is 11.7. The lowest BCUT2D eigenvalue weighted by molar-refractivity contribution is -0.163. The number of aliphatic carboxylic acids is 1. The molecule has 2 saturated heterocycles. The molecule has 2 N–H and O–H groups in total. The fourth-order valence-corrected chi connectivity index (χ4v) is 11.7. The van der Waals surface area contributed by atoms with Crippen molar-refractivity contribution in [1.82, 2.24) is 25.3 Å². The first-order valence-electron chi connectivity index (χ1n) is 20.0. The third-order valence-electron chi connectivity index (χ3n) is 14.2. The van der Waals surface area contributed by atoms with Crippen molar-refractivity contribution >= 4 is 23.5 Å². The first-order chi connectivity index (χ1) is 25.7. The molecular weight excluding hydrogens is 704 g/mol. The third kappa shape index (κ3) is 6.13. The molecule has 0 atom stereocenters. The van der Waals surface area contributed by atoms with Gasteiger partial charge in [0.05, 0.1) is 12.1 Å². The molecule has 10 nitrogen and oxygen atoms in total. The summed E-state index contributed by atoms with van der Waals surface area (Å²) in [6.07, 6.45) is 11.4. The molecule has 5 saturated carbocycles. The number of hydrogen-bond donors (Lipinski definition) is 2. The minimum Gasteiger partial charge on any atom is -0.490 e. The van der Waals surface area contributed by atoms with E-state index in [2.05, 4.69) is 21.4 Å². The van der Waals surface area contributed by atoms with Gasteiger partial charge in [-0.3, -0.25) is 4.79 Å². The number of aromatic nitrogens is 2. The molecule has 0 unspecified atom stereocenters. The van der Waals surface area contributed by atoms with Gasteiger partial charge in [-0.2, -0.15) is 8.78 Å². The van der Waals surface area contributed by atoms with Crippen molar-refractivity contribution in [3.05, 3.63) is 41.2 Å². The molecule has 7 fully saturated rings. The van der Waals surface area contributed by atoms with E-state index < -0.39 is 40.5 Å². The highest BCUT2D eigenvalue weighted by Crippen LogP contribution is 2.59. The number of benzene rings is 1. The second kappa shape index (κ2) is 13.0. The average molecular weight is 755 g/mol. The number of alkyl halides is 4. The zero-order chi connectivity index (χ0) is 37.6. The van der Waals surface area contributed by atoms with E-state index >= 15 is 8.78 Å². The number of carbonyl (C=O) groups excluding carboxylic acids is 1. The summed E-state index contributed by atoms with van der Waals surface area (Å²) in [6, 6.07) is 5.89. The Hall–Kier alpha value is -3.52. The Morgan fingerprint density at radius 1 is 0.926 bits per heavy atom. The number of hydrogen-bond acceptors (Lipinski definition) is 8. The van der Waals surface area contributed by atoms with Gasteiger partial charge in [0.25, 0.3) is 17.8 Å². The maximum absolute atomic E-state index is 15.5. The van der Waals surface area contributed by atoms with Crippen molar-refractivity contribution in [3.8, 4) is 5.75 Å². The maximum Gasteiger partial charge on any atom is 0.330 e. The number of amides is 1. The molecule has 1 aromatic carbocycles. The Labute approximate surface area is 313 Å². The lowest BCUT2D eigenvalue weighted by atomic mass is 9.48. The molecule has 0 radical (unpaired) electrons. The summed E-state index contributed by atoms with van der Waals surface area (Å²) in [5.41, 5.74) is -0.983. The molecule has 5 aliphatic carbocycles. The van der Waals surface area contributed by atoms with Crippen LogP contribution >= 0.6 is 0 Å². The molecular formula is C40H50F4N6O4. The number of ether oxygens (including phenoxy) is 1. The van der Waals surface area contributed by atoms with Crippen LogP contribution in [0, 0.1) is 23.7 Å². The van der Waals surface area contributed by atoms with Crippen molar-refractivity contribution < 1.29 is 37.0 Å². The minimum absolute atomic E-state index is 0.0577. The van der Waals surface area contributed by atoms with E-state index in [4.69, 9.17) is 4.74 Å². The van der Waals surface area contributed by atoms with Crippen LogP contribution in [0.3, 0.4) is 0 Å². The van der Waals surface area contributed by atoms with Gasteiger partial charge in [-0.1, -0.05) is 19.3 Å². The topological polar surface area (TPSA) is 111 Å². The number of carboxylic acid groups (broad SMARTS) is 1. The normalized spacial score (nSPS) is 31.9. The first kappa shape index (κ1) is 36.1. The summed E-state index contributed by atoms with van der Waals surface area (Å²) in [5.74, 6) is -6.88. The number of fused-ring (bicyclic) bond motifs is 2. The molecule has 3 aliphatic heterocycles. The molecule has 10 rings (SSSR count). The molecule has 8 aliphatic rings. The molecule has 54 heavy (non-hydrogen) atoms. The zero-order valence-electron chi connectivity index (χ0n) is 30.8. The Bertz CT molecular complexity index is 1780. The Kier molecular flexibility index (Phi) is 8.72. The number of halogens is 4. The Morgan fingerprint density at radius 3 is 2.22 bits per heavy atom. The zero-order valence-corrected chi connectivity index (χ0v) is 30.8. The van der Waals surface area contributed by atoms with Gasteiger partial charge in [-0.25, -0.2) is 33.6 Å². The quantitative estimate of drug-likeness (QED) is 0.274. The molecule has 292 valence electrons. The number of nitrogens with one attached hydrogen (secondary N) is 1. The summed E-state index contributed by atoms with van der Waals surface area (Å²) in [5, 5.41) is 17.2. The number of carboxylic acids is 1. The van der Waals surface area contributed by atoms with Crippen LogP contribution in [0.25, 0.3) is 0 Å². The van der Waals surface area contributed by atoms with Crippen molar-refractivity contribution in [1.29, 1.82) is 0 Å². The number of nitrogens with zero attached hydrogens (tertiary/aromatic N) is 5. The molecule has 4 heterocycles. The summed E-state index contributed by atoms with van der Waals surface area (Å²) >= 11 is 0. The van der Waals surface area contributed by atoms with E-state index in [1.807, 2.05) is 22.0 Å². The van der Waals surface area contributed by atoms with Crippen LogP contribution in [0.5, 0.6) is 5.75 Å². The van der Waals surface area contributed by atoms with Crippen molar-refractivity contribution in [2.75, 3.05) is 37.6 Å². The molecule has 2 aromatic rings. The van der Waals surface area contributed by atoms with E-state index in [9.17, 15) is 23.5 Å². The number of piperidine rings is 1. The largest absolute Gasteiger partial charge is 0.490 e. The van der Waals surface area contributed by atoms with Gasteiger partial charge in [0.1, 0.15) is 23.1 Å². The SMILES string of the molecule is CC(F)(F)c1nc(N2CC3(CCCCC3)c3cc(OC4CCN(N5CCC(F)(F)C5)CC4)ccc32)ncc1C(=O)NC1(C(=O)O)C2CC3CC(C2)CC1C3. The highest BCUT2D eigenvalue weighted by Gasteiger charge is 2.62. The summed E-state index contributed by atoms with van der Waals surface area (Å²) in [7, 11) is 0. The maximum atomic E-state index is 15.5. The average Bonchev–Trinajstić information content (AvgIpc) is 3.65. The molecule has 1 spiro atoms. The van der Waals surface area contributed by atoms with E-state index in [0.29, 0.717) is 57.8 Å². The highest BCUT2D eigenvalue weighted by molar-refractivity contribution is 5.99. The lowest BCUT2D eigenvalue weighted by Crippen LogP contribution is -2.70. The van der Waals surface area contributed by atoms with Crippen LogP contribution in [0.4, 0.5) is 29.2 Å². The molecule has 1 aromatic heterocycles. The number of anilines is 2. The fraction of sp³-hybridized carbons (Fsp3) is 0.700. The first-order valence-corrected chi connectivity index (χ1v) is 20.0.